The molecule has 1 unspecified atom stereocenters. The van der Waals surface area contributed by atoms with Crippen molar-refractivity contribution in [1.29, 1.82) is 0 Å². The fourth-order valence-corrected chi connectivity index (χ4v) is 3.31. The van der Waals surface area contributed by atoms with E-state index >= 15 is 0 Å². The van der Waals surface area contributed by atoms with Crippen molar-refractivity contribution in [3.63, 3.8) is 0 Å². The van der Waals surface area contributed by atoms with Crippen LogP contribution in [0, 0.1) is 5.92 Å². The maximum absolute atomic E-state index is 13.0. The largest absolute Gasteiger partial charge is 0.458 e. The Morgan fingerprint density at radius 1 is 1.15 bits per heavy atom. The van der Waals surface area contributed by atoms with Gasteiger partial charge in [-0.3, -0.25) is 4.90 Å². The van der Waals surface area contributed by atoms with Gasteiger partial charge in [-0.1, -0.05) is 19.1 Å². The van der Waals surface area contributed by atoms with Gasteiger partial charge in [-0.05, 0) is 67.7 Å². The Kier molecular flexibility index (Phi) is 7.90. The lowest BCUT2D eigenvalue weighted by Gasteiger charge is -2.34. The number of rotatable bonds is 5. The quantitative estimate of drug-likeness (QED) is 0.572. The summed E-state index contributed by atoms with van der Waals surface area (Å²) in [7, 11) is 0. The molecule has 0 saturated carbocycles. The molecule has 0 aromatic heterocycles. The minimum Gasteiger partial charge on any atom is -0.458 e. The Bertz CT molecular complexity index is 544. The predicted octanol–water partition coefficient (Wildman–Crippen LogP) is 4.06. The third-order valence-corrected chi connectivity index (χ3v) is 4.39. The fraction of sp³-hybridized carbons (Fsp3) is 0.810. The topological polar surface area (TPSA) is 76.1 Å². The second kappa shape index (κ2) is 9.09. The molecule has 156 valence electrons. The molecule has 1 heterocycles. The van der Waals surface area contributed by atoms with Crippen molar-refractivity contribution < 1.29 is 24.2 Å². The summed E-state index contributed by atoms with van der Waals surface area (Å²) < 4.78 is 11.1. The van der Waals surface area contributed by atoms with Gasteiger partial charge in [0, 0.05) is 12.0 Å². The molecule has 4 atom stereocenters. The Hall–Kier alpha value is -1.56. The summed E-state index contributed by atoms with van der Waals surface area (Å²) in [6, 6.07) is -1.04. The van der Waals surface area contributed by atoms with Crippen LogP contribution in [-0.4, -0.2) is 51.5 Å². The van der Waals surface area contributed by atoms with Gasteiger partial charge in [0.25, 0.3) is 0 Å². The van der Waals surface area contributed by atoms with E-state index in [4.69, 9.17) is 9.47 Å². The van der Waals surface area contributed by atoms with E-state index in [9.17, 15) is 14.7 Å². The van der Waals surface area contributed by atoms with E-state index in [0.717, 1.165) is 0 Å². The molecule has 1 saturated heterocycles. The molecule has 0 radical (unpaired) electrons. The van der Waals surface area contributed by atoms with Gasteiger partial charge < -0.3 is 14.6 Å². The van der Waals surface area contributed by atoms with Gasteiger partial charge >= 0.3 is 12.1 Å². The van der Waals surface area contributed by atoms with Crippen molar-refractivity contribution in [3.8, 4) is 0 Å². The molecule has 1 fully saturated rings. The number of allylic oxidation sites excluding steroid dienone is 1. The van der Waals surface area contributed by atoms with Crippen molar-refractivity contribution >= 4 is 12.1 Å². The smallest absolute Gasteiger partial charge is 0.411 e. The second-order valence-electron chi connectivity index (χ2n) is 9.23. The van der Waals surface area contributed by atoms with Gasteiger partial charge in [-0.2, -0.15) is 0 Å². The zero-order valence-electron chi connectivity index (χ0n) is 18.1. The molecule has 0 aromatic rings. The number of esters is 1. The molecule has 0 spiro atoms. The number of nitrogens with zero attached hydrogens (tertiary/aromatic N) is 1. The van der Waals surface area contributed by atoms with E-state index in [0.29, 0.717) is 19.3 Å². The molecule has 1 N–H and O–H groups in total. The number of carbonyl (C=O) groups excluding carboxylic acids is 2. The molecule has 0 aliphatic carbocycles. The van der Waals surface area contributed by atoms with Gasteiger partial charge in [0.15, 0.2) is 0 Å². The summed E-state index contributed by atoms with van der Waals surface area (Å²) >= 11 is 0. The first-order valence-electron chi connectivity index (χ1n) is 9.84. The highest BCUT2D eigenvalue weighted by Gasteiger charge is 2.49. The molecule has 0 bridgehead atoms. The van der Waals surface area contributed by atoms with Crippen molar-refractivity contribution in [2.45, 2.75) is 104 Å². The van der Waals surface area contributed by atoms with Crippen LogP contribution in [0.25, 0.3) is 0 Å². The molecule has 6 heteroatoms. The molecule has 27 heavy (non-hydrogen) atoms. The summed E-state index contributed by atoms with van der Waals surface area (Å²) in [6.45, 7) is 14.6. The highest BCUT2D eigenvalue weighted by molar-refractivity contribution is 5.83. The first kappa shape index (κ1) is 23.5. The van der Waals surface area contributed by atoms with Crippen molar-refractivity contribution in [1.82, 2.24) is 4.90 Å². The number of ether oxygens (including phenoxy) is 2. The molecule has 1 rings (SSSR count). The average Bonchev–Trinajstić information content (AvgIpc) is 2.83. The Balaban J connectivity index is 3.24. The lowest BCUT2D eigenvalue weighted by molar-refractivity contribution is -0.160. The predicted molar refractivity (Wildman–Crippen MR) is 105 cm³/mol. The summed E-state index contributed by atoms with van der Waals surface area (Å²) in [4.78, 5) is 27.3. The van der Waals surface area contributed by atoms with E-state index < -0.39 is 35.4 Å². The van der Waals surface area contributed by atoms with Crippen LogP contribution in [0.5, 0.6) is 0 Å². The van der Waals surface area contributed by atoms with Crippen LogP contribution < -0.4 is 0 Å². The molecule has 1 aliphatic heterocycles. The summed E-state index contributed by atoms with van der Waals surface area (Å²) in [5.41, 5.74) is -1.32. The lowest BCUT2D eigenvalue weighted by atomic mass is 9.93. The van der Waals surface area contributed by atoms with E-state index in [1.165, 1.54) is 4.90 Å². The second-order valence-corrected chi connectivity index (χ2v) is 9.23. The summed E-state index contributed by atoms with van der Waals surface area (Å²) in [5.74, 6) is -0.474. The van der Waals surface area contributed by atoms with E-state index in [2.05, 4.69) is 0 Å². The van der Waals surface area contributed by atoms with E-state index in [1.807, 2.05) is 26.0 Å². The van der Waals surface area contributed by atoms with Crippen LogP contribution in [0.3, 0.4) is 0 Å². The summed E-state index contributed by atoms with van der Waals surface area (Å²) in [5, 5.41) is 10.2. The number of aliphatic hydroxyl groups excluding tert-OH is 1. The maximum atomic E-state index is 13.0. The van der Waals surface area contributed by atoms with Crippen LogP contribution in [-0.2, 0) is 14.3 Å². The number of amides is 1. The number of likely N-dealkylation sites (tertiary alicyclic amines) is 1. The van der Waals surface area contributed by atoms with Crippen LogP contribution in [0.2, 0.25) is 0 Å². The van der Waals surface area contributed by atoms with E-state index in [1.54, 1.807) is 41.5 Å². The zero-order valence-corrected chi connectivity index (χ0v) is 18.1. The molecule has 0 aromatic carbocycles. The number of carbonyl (C=O) groups is 2. The first-order valence-corrected chi connectivity index (χ1v) is 9.84. The third kappa shape index (κ3) is 7.17. The highest BCUT2D eigenvalue weighted by atomic mass is 16.6. The molecular weight excluding hydrogens is 346 g/mol. The van der Waals surface area contributed by atoms with Gasteiger partial charge in [0.2, 0.25) is 0 Å². The summed E-state index contributed by atoms with van der Waals surface area (Å²) in [6.07, 6.45) is 4.25. The fourth-order valence-electron chi connectivity index (χ4n) is 3.31. The van der Waals surface area contributed by atoms with Crippen molar-refractivity contribution in [2.24, 2.45) is 5.92 Å². The average molecular weight is 384 g/mol. The van der Waals surface area contributed by atoms with Crippen molar-refractivity contribution in [2.75, 3.05) is 0 Å². The van der Waals surface area contributed by atoms with Crippen LogP contribution >= 0.6 is 0 Å². The number of hydrogen-bond acceptors (Lipinski definition) is 5. The Morgan fingerprint density at radius 3 is 2.15 bits per heavy atom. The Morgan fingerprint density at radius 2 is 1.70 bits per heavy atom. The SMILES string of the molecule is CC=C[C@@H]1C[C@H](C(=O)OC(C)(C)C)N(C(=O)OC(C)(C)C)[C@@H]1CC(O)CC. The zero-order chi connectivity index (χ0) is 21.0. The standard InChI is InChI=1S/C21H37NO5/c1-9-11-14-12-17(18(24)26-20(3,4)5)22(16(14)13-15(23)10-2)19(25)27-21(6,7)8/h9,11,14-17,23H,10,12-13H2,1-8H3/t14-,15?,16-,17-/m1/s1. The van der Waals surface area contributed by atoms with Crippen LogP contribution in [0.4, 0.5) is 4.79 Å². The normalized spacial score (nSPS) is 24.9. The lowest BCUT2D eigenvalue weighted by Crippen LogP contribution is -2.50. The monoisotopic (exact) mass is 383 g/mol. The minimum atomic E-state index is -0.727. The van der Waals surface area contributed by atoms with Crippen LogP contribution in [0.1, 0.15) is 74.7 Å². The van der Waals surface area contributed by atoms with Gasteiger partial charge in [-0.15, -0.1) is 0 Å². The third-order valence-electron chi connectivity index (χ3n) is 4.39. The number of hydrogen-bond donors (Lipinski definition) is 1. The molecule has 1 aliphatic rings. The Labute approximate surface area is 163 Å². The van der Waals surface area contributed by atoms with Crippen LogP contribution in [0.15, 0.2) is 12.2 Å². The minimum absolute atomic E-state index is 0.0405. The van der Waals surface area contributed by atoms with Gasteiger partial charge in [0.05, 0.1) is 6.10 Å². The molecule has 6 nitrogen and oxygen atoms in total. The maximum Gasteiger partial charge on any atom is 0.411 e. The van der Waals surface area contributed by atoms with Gasteiger partial charge in [0.1, 0.15) is 17.2 Å². The molecular formula is C21H37NO5. The van der Waals surface area contributed by atoms with Crippen molar-refractivity contribution in [3.05, 3.63) is 12.2 Å². The molecule has 1 amide bonds. The van der Waals surface area contributed by atoms with Gasteiger partial charge in [-0.25, -0.2) is 9.59 Å². The highest BCUT2D eigenvalue weighted by Crippen LogP contribution is 2.36. The van der Waals surface area contributed by atoms with E-state index in [-0.39, 0.29) is 12.0 Å². The number of aliphatic hydroxyl groups is 1. The first-order chi connectivity index (χ1) is 12.3.